The molecule has 0 saturated carbocycles. The van der Waals surface area contributed by atoms with Crippen molar-refractivity contribution in [2.75, 3.05) is 0 Å². The molecule has 1 heteroatoms. The number of aromatic amines is 1. The summed E-state index contributed by atoms with van der Waals surface area (Å²) >= 11 is 0. The molecule has 0 spiro atoms. The van der Waals surface area contributed by atoms with Crippen molar-refractivity contribution in [2.45, 2.75) is 0 Å². The molecular formula is C24H15N. The minimum atomic E-state index is 1.20. The van der Waals surface area contributed by atoms with E-state index in [2.05, 4.69) is 89.9 Å². The average Bonchev–Trinajstić information content (AvgIpc) is 3.07. The van der Waals surface area contributed by atoms with Gasteiger partial charge in [0.2, 0.25) is 0 Å². The Morgan fingerprint density at radius 3 is 1.88 bits per heavy atom. The highest BCUT2D eigenvalue weighted by Crippen LogP contribution is 2.40. The summed E-state index contributed by atoms with van der Waals surface area (Å²) in [7, 11) is 0. The van der Waals surface area contributed by atoms with E-state index in [0.29, 0.717) is 0 Å². The molecule has 0 bridgehead atoms. The van der Waals surface area contributed by atoms with E-state index in [0.717, 1.165) is 0 Å². The first-order valence-corrected chi connectivity index (χ1v) is 8.64. The first kappa shape index (κ1) is 13.0. The van der Waals surface area contributed by atoms with E-state index in [9.17, 15) is 0 Å². The Balaban J connectivity index is 2.01. The number of nitrogens with one attached hydrogen (secondary N) is 1. The lowest BCUT2D eigenvalue weighted by Crippen LogP contribution is -1.82. The molecule has 1 nitrogen and oxygen atoms in total. The van der Waals surface area contributed by atoms with E-state index in [-0.39, 0.29) is 0 Å². The molecule has 6 aromatic rings. The van der Waals surface area contributed by atoms with Crippen molar-refractivity contribution in [3.8, 4) is 0 Å². The van der Waals surface area contributed by atoms with Crippen LogP contribution in [0, 0.1) is 0 Å². The van der Waals surface area contributed by atoms with Crippen LogP contribution in [-0.4, -0.2) is 4.98 Å². The highest BCUT2D eigenvalue weighted by atomic mass is 14.7. The standard InChI is InChI=1S/C24H15N/c1-2-8-16-14-21-20(13-15(16)7-1)17-9-3-4-10-18(17)23-19-11-5-6-12-22(19)25-24(21)23/h1-14,25H. The summed E-state index contributed by atoms with van der Waals surface area (Å²) in [5, 5.41) is 10.4. The zero-order chi connectivity index (χ0) is 16.4. The third-order valence-corrected chi connectivity index (χ3v) is 5.35. The normalized spacial score (nSPS) is 12.0. The van der Waals surface area contributed by atoms with Gasteiger partial charge in [-0.1, -0.05) is 66.7 Å². The lowest BCUT2D eigenvalue weighted by Gasteiger charge is -2.09. The molecule has 0 amide bonds. The minimum absolute atomic E-state index is 1.20. The lowest BCUT2D eigenvalue weighted by molar-refractivity contribution is 1.57. The van der Waals surface area contributed by atoms with Gasteiger partial charge >= 0.3 is 0 Å². The van der Waals surface area contributed by atoms with E-state index < -0.39 is 0 Å². The maximum Gasteiger partial charge on any atom is 0.0551 e. The van der Waals surface area contributed by atoms with Crippen LogP contribution in [0.4, 0.5) is 0 Å². The maximum atomic E-state index is 3.68. The molecule has 1 N–H and O–H groups in total. The topological polar surface area (TPSA) is 15.8 Å². The van der Waals surface area contributed by atoms with Crippen LogP contribution in [-0.2, 0) is 0 Å². The quantitative estimate of drug-likeness (QED) is 0.235. The van der Waals surface area contributed by atoms with E-state index in [1.54, 1.807) is 0 Å². The fourth-order valence-electron chi connectivity index (χ4n) is 4.23. The van der Waals surface area contributed by atoms with Crippen molar-refractivity contribution in [1.29, 1.82) is 0 Å². The van der Waals surface area contributed by atoms with Gasteiger partial charge in [-0.25, -0.2) is 0 Å². The monoisotopic (exact) mass is 317 g/mol. The third kappa shape index (κ3) is 1.67. The fraction of sp³-hybridized carbons (Fsp3) is 0. The number of fused-ring (bicyclic) bond motifs is 9. The molecule has 25 heavy (non-hydrogen) atoms. The Kier molecular flexibility index (Phi) is 2.40. The Morgan fingerprint density at radius 2 is 1.08 bits per heavy atom. The second-order valence-corrected chi connectivity index (χ2v) is 6.71. The van der Waals surface area contributed by atoms with Crippen LogP contribution in [0.25, 0.3) is 54.1 Å². The number of hydrogen-bond acceptors (Lipinski definition) is 0. The molecular weight excluding hydrogens is 302 g/mol. The molecule has 0 fully saturated rings. The van der Waals surface area contributed by atoms with Crippen LogP contribution < -0.4 is 0 Å². The number of rotatable bonds is 0. The van der Waals surface area contributed by atoms with Crippen molar-refractivity contribution in [2.24, 2.45) is 0 Å². The lowest BCUT2D eigenvalue weighted by atomic mass is 9.94. The van der Waals surface area contributed by atoms with E-state index >= 15 is 0 Å². The first-order valence-electron chi connectivity index (χ1n) is 8.64. The summed E-state index contributed by atoms with van der Waals surface area (Å²) in [6.45, 7) is 0. The van der Waals surface area contributed by atoms with Gasteiger partial charge in [0.05, 0.1) is 5.52 Å². The molecule has 0 aliphatic rings. The summed E-state index contributed by atoms with van der Waals surface area (Å²) in [5.41, 5.74) is 2.43. The number of H-pyrrole nitrogens is 1. The van der Waals surface area contributed by atoms with Crippen LogP contribution in [0.2, 0.25) is 0 Å². The van der Waals surface area contributed by atoms with Crippen molar-refractivity contribution in [3.05, 3.63) is 84.9 Å². The summed E-state index contributed by atoms with van der Waals surface area (Å²) in [6.07, 6.45) is 0. The molecule has 1 heterocycles. The Labute approximate surface area is 144 Å². The van der Waals surface area contributed by atoms with Crippen molar-refractivity contribution < 1.29 is 0 Å². The molecule has 0 unspecified atom stereocenters. The van der Waals surface area contributed by atoms with Crippen LogP contribution in [0.15, 0.2) is 84.9 Å². The van der Waals surface area contributed by atoms with Gasteiger partial charge in [0.25, 0.3) is 0 Å². The Bertz CT molecular complexity index is 1440. The Hall–Kier alpha value is -3.32. The number of aromatic nitrogens is 1. The average molecular weight is 317 g/mol. The zero-order valence-electron chi connectivity index (χ0n) is 13.6. The second-order valence-electron chi connectivity index (χ2n) is 6.71. The zero-order valence-corrected chi connectivity index (χ0v) is 13.6. The van der Waals surface area contributed by atoms with Crippen LogP contribution >= 0.6 is 0 Å². The second kappa shape index (κ2) is 4.61. The Morgan fingerprint density at radius 1 is 0.480 bits per heavy atom. The van der Waals surface area contributed by atoms with Crippen LogP contribution in [0.1, 0.15) is 0 Å². The minimum Gasteiger partial charge on any atom is -0.354 e. The highest BCUT2D eigenvalue weighted by molar-refractivity contribution is 6.32. The first-order chi connectivity index (χ1) is 12.4. The van der Waals surface area contributed by atoms with Gasteiger partial charge in [0.1, 0.15) is 0 Å². The van der Waals surface area contributed by atoms with E-state index in [1.165, 1.54) is 54.1 Å². The maximum absolute atomic E-state index is 3.68. The molecule has 116 valence electrons. The van der Waals surface area contributed by atoms with E-state index in [1.807, 2.05) is 0 Å². The summed E-state index contributed by atoms with van der Waals surface area (Å²) in [4.78, 5) is 3.68. The van der Waals surface area contributed by atoms with Gasteiger partial charge in [-0.2, -0.15) is 0 Å². The highest BCUT2D eigenvalue weighted by Gasteiger charge is 2.13. The largest absolute Gasteiger partial charge is 0.354 e. The summed E-state index contributed by atoms with van der Waals surface area (Å²) in [6, 6.07) is 30.6. The number of hydrogen-bond donors (Lipinski definition) is 1. The van der Waals surface area contributed by atoms with Crippen LogP contribution in [0.3, 0.4) is 0 Å². The van der Waals surface area contributed by atoms with Gasteiger partial charge in [-0.3, -0.25) is 0 Å². The van der Waals surface area contributed by atoms with E-state index in [4.69, 9.17) is 0 Å². The molecule has 0 aliphatic carbocycles. The van der Waals surface area contributed by atoms with Gasteiger partial charge in [-0.15, -0.1) is 0 Å². The van der Waals surface area contributed by atoms with Gasteiger partial charge < -0.3 is 4.98 Å². The molecule has 0 aliphatic heterocycles. The summed E-state index contributed by atoms with van der Waals surface area (Å²) < 4.78 is 0. The van der Waals surface area contributed by atoms with Crippen LogP contribution in [0.5, 0.6) is 0 Å². The molecule has 0 saturated heterocycles. The van der Waals surface area contributed by atoms with Crippen molar-refractivity contribution in [1.82, 2.24) is 4.98 Å². The molecule has 5 aromatic carbocycles. The fourth-order valence-corrected chi connectivity index (χ4v) is 4.23. The number of benzene rings is 5. The molecule has 0 atom stereocenters. The predicted octanol–water partition coefficient (Wildman–Crippen LogP) is 6.78. The third-order valence-electron chi connectivity index (χ3n) is 5.35. The van der Waals surface area contributed by atoms with Gasteiger partial charge in [0.15, 0.2) is 0 Å². The summed E-state index contributed by atoms with van der Waals surface area (Å²) in [5.74, 6) is 0. The van der Waals surface area contributed by atoms with Gasteiger partial charge in [-0.05, 0) is 45.1 Å². The predicted molar refractivity (Wildman–Crippen MR) is 108 cm³/mol. The van der Waals surface area contributed by atoms with Gasteiger partial charge in [0, 0.05) is 21.7 Å². The smallest absolute Gasteiger partial charge is 0.0551 e. The molecule has 1 aromatic heterocycles. The SMILES string of the molecule is c1ccc2cc3c(cc2c1)c1ccccc1c1c2ccccc2[nH]c31. The van der Waals surface area contributed by atoms with Crippen molar-refractivity contribution in [3.63, 3.8) is 0 Å². The molecule has 6 rings (SSSR count). The molecule has 0 radical (unpaired) electrons. The number of para-hydroxylation sites is 1. The van der Waals surface area contributed by atoms with Crippen molar-refractivity contribution >= 4 is 54.1 Å².